The van der Waals surface area contributed by atoms with Gasteiger partial charge in [0.05, 0.1) is 28.4 Å². The lowest BCUT2D eigenvalue weighted by Gasteiger charge is -2.33. The minimum Gasteiger partial charge on any atom is -0.493 e. The molecule has 0 amide bonds. The van der Waals surface area contributed by atoms with Crippen molar-refractivity contribution in [2.75, 3.05) is 11.9 Å². The Hall–Kier alpha value is -1.38. The average molecular weight is 308 g/mol. The molecule has 2 atom stereocenters. The molecule has 3 rings (SSSR count). The Morgan fingerprint density at radius 1 is 1.10 bits per heavy atom. The number of rotatable bonds is 2. The summed E-state index contributed by atoms with van der Waals surface area (Å²) < 4.78 is 5.76. The molecule has 0 aliphatic carbocycles. The van der Waals surface area contributed by atoms with E-state index in [4.69, 9.17) is 27.9 Å². The molecule has 0 saturated heterocycles. The number of hydrogen-bond donors (Lipinski definition) is 1. The molecule has 0 spiro atoms. The van der Waals surface area contributed by atoms with Crippen molar-refractivity contribution in [3.8, 4) is 5.75 Å². The van der Waals surface area contributed by atoms with Gasteiger partial charge in [-0.1, -0.05) is 54.4 Å². The highest BCUT2D eigenvalue weighted by Crippen LogP contribution is 2.39. The zero-order valence-corrected chi connectivity index (χ0v) is 12.6. The van der Waals surface area contributed by atoms with E-state index in [2.05, 4.69) is 18.3 Å². The van der Waals surface area contributed by atoms with Crippen molar-refractivity contribution in [3.63, 3.8) is 0 Å². The maximum Gasteiger partial charge on any atom is 0.124 e. The first kappa shape index (κ1) is 13.6. The van der Waals surface area contributed by atoms with Crippen LogP contribution in [-0.2, 0) is 0 Å². The highest BCUT2D eigenvalue weighted by atomic mass is 35.5. The van der Waals surface area contributed by atoms with Crippen molar-refractivity contribution in [3.05, 3.63) is 58.1 Å². The molecule has 0 radical (unpaired) electrons. The fourth-order valence-corrected chi connectivity index (χ4v) is 2.85. The van der Waals surface area contributed by atoms with Crippen molar-refractivity contribution >= 4 is 28.9 Å². The van der Waals surface area contributed by atoms with E-state index in [0.717, 1.165) is 17.0 Å². The second-order valence-corrected chi connectivity index (χ2v) is 5.83. The standard InChI is InChI=1S/C16H15Cl2NO/c1-10-9-20-14-8-3-2-5-11(14)16(10)19-13-7-4-6-12(17)15(13)18/h2-8,10,16,19H,9H2,1H3. The van der Waals surface area contributed by atoms with E-state index >= 15 is 0 Å². The summed E-state index contributed by atoms with van der Waals surface area (Å²) in [4.78, 5) is 0. The maximum atomic E-state index is 6.26. The van der Waals surface area contributed by atoms with Crippen LogP contribution in [0.4, 0.5) is 5.69 Å². The number of hydrogen-bond acceptors (Lipinski definition) is 2. The highest BCUT2D eigenvalue weighted by Gasteiger charge is 2.28. The molecule has 4 heteroatoms. The Labute approximate surface area is 128 Å². The monoisotopic (exact) mass is 307 g/mol. The second kappa shape index (κ2) is 5.55. The second-order valence-electron chi connectivity index (χ2n) is 5.05. The van der Waals surface area contributed by atoms with Crippen LogP contribution in [0, 0.1) is 5.92 Å². The molecule has 0 fully saturated rings. The quantitative estimate of drug-likeness (QED) is 0.826. The Morgan fingerprint density at radius 3 is 2.75 bits per heavy atom. The normalized spacial score (nSPS) is 20.9. The Morgan fingerprint density at radius 2 is 1.90 bits per heavy atom. The summed E-state index contributed by atoms with van der Waals surface area (Å²) in [7, 11) is 0. The van der Waals surface area contributed by atoms with Gasteiger partial charge in [0.1, 0.15) is 5.75 Å². The largest absolute Gasteiger partial charge is 0.493 e. The van der Waals surface area contributed by atoms with Crippen LogP contribution in [0.3, 0.4) is 0 Å². The van der Waals surface area contributed by atoms with Gasteiger partial charge in [-0.2, -0.15) is 0 Å². The van der Waals surface area contributed by atoms with Gasteiger partial charge in [-0.3, -0.25) is 0 Å². The van der Waals surface area contributed by atoms with Crippen LogP contribution in [-0.4, -0.2) is 6.61 Å². The Bertz CT molecular complexity index is 630. The summed E-state index contributed by atoms with van der Waals surface area (Å²) in [5.41, 5.74) is 2.01. The average Bonchev–Trinajstić information content (AvgIpc) is 2.46. The zero-order valence-electron chi connectivity index (χ0n) is 11.1. The third-order valence-electron chi connectivity index (χ3n) is 3.59. The van der Waals surface area contributed by atoms with E-state index in [9.17, 15) is 0 Å². The van der Waals surface area contributed by atoms with Gasteiger partial charge in [0.25, 0.3) is 0 Å². The fraction of sp³-hybridized carbons (Fsp3) is 0.250. The van der Waals surface area contributed by atoms with Gasteiger partial charge < -0.3 is 10.1 Å². The molecular weight excluding hydrogens is 293 g/mol. The first-order valence-corrected chi connectivity index (χ1v) is 7.34. The molecule has 2 aromatic carbocycles. The number of ether oxygens (including phenoxy) is 1. The molecular formula is C16H15Cl2NO. The molecule has 0 aromatic heterocycles. The minimum absolute atomic E-state index is 0.163. The number of nitrogens with one attached hydrogen (secondary N) is 1. The summed E-state index contributed by atoms with van der Waals surface area (Å²) in [6.45, 7) is 2.85. The van der Waals surface area contributed by atoms with Crippen LogP contribution in [0.25, 0.3) is 0 Å². The Balaban J connectivity index is 1.96. The number of halogens is 2. The van der Waals surface area contributed by atoms with Gasteiger partial charge in [0.15, 0.2) is 0 Å². The van der Waals surface area contributed by atoms with Crippen molar-refractivity contribution in [2.24, 2.45) is 5.92 Å². The van der Waals surface area contributed by atoms with E-state index in [0.29, 0.717) is 22.6 Å². The van der Waals surface area contributed by atoms with Gasteiger partial charge in [-0.05, 0) is 18.2 Å². The summed E-state index contributed by atoms with van der Waals surface area (Å²) in [5, 5.41) is 4.62. The fourth-order valence-electron chi connectivity index (χ4n) is 2.50. The lowest BCUT2D eigenvalue weighted by Crippen LogP contribution is -2.28. The predicted octanol–water partition coefficient (Wildman–Crippen LogP) is 5.18. The Kier molecular flexibility index (Phi) is 3.77. The molecule has 2 aromatic rings. The van der Waals surface area contributed by atoms with Crippen molar-refractivity contribution in [1.29, 1.82) is 0 Å². The van der Waals surface area contributed by atoms with Crippen LogP contribution in [0.1, 0.15) is 18.5 Å². The number of para-hydroxylation sites is 1. The third-order valence-corrected chi connectivity index (χ3v) is 4.41. The predicted molar refractivity (Wildman–Crippen MR) is 83.9 cm³/mol. The van der Waals surface area contributed by atoms with Crippen LogP contribution in [0.15, 0.2) is 42.5 Å². The van der Waals surface area contributed by atoms with E-state index in [1.165, 1.54) is 0 Å². The van der Waals surface area contributed by atoms with Crippen LogP contribution in [0.5, 0.6) is 5.75 Å². The lowest BCUT2D eigenvalue weighted by molar-refractivity contribution is 0.214. The first-order valence-electron chi connectivity index (χ1n) is 6.59. The summed E-state index contributed by atoms with van der Waals surface area (Å²) in [5.74, 6) is 1.28. The van der Waals surface area contributed by atoms with Gasteiger partial charge in [0, 0.05) is 11.5 Å². The molecule has 2 unspecified atom stereocenters. The maximum absolute atomic E-state index is 6.26. The summed E-state index contributed by atoms with van der Waals surface area (Å²) >= 11 is 12.3. The molecule has 1 N–H and O–H groups in total. The SMILES string of the molecule is CC1COc2ccccc2C1Nc1cccc(Cl)c1Cl. The minimum atomic E-state index is 0.163. The van der Waals surface area contributed by atoms with E-state index in [-0.39, 0.29) is 6.04 Å². The third kappa shape index (κ3) is 2.46. The smallest absolute Gasteiger partial charge is 0.124 e. The zero-order chi connectivity index (χ0) is 14.1. The molecule has 0 bridgehead atoms. The molecule has 20 heavy (non-hydrogen) atoms. The van der Waals surface area contributed by atoms with Gasteiger partial charge >= 0.3 is 0 Å². The van der Waals surface area contributed by atoms with Crippen molar-refractivity contribution in [1.82, 2.24) is 0 Å². The van der Waals surface area contributed by atoms with Gasteiger partial charge in [-0.15, -0.1) is 0 Å². The van der Waals surface area contributed by atoms with E-state index < -0.39 is 0 Å². The first-order chi connectivity index (χ1) is 9.66. The summed E-state index contributed by atoms with van der Waals surface area (Å²) in [6, 6.07) is 13.9. The molecule has 1 heterocycles. The number of anilines is 1. The topological polar surface area (TPSA) is 21.3 Å². The van der Waals surface area contributed by atoms with Crippen LogP contribution < -0.4 is 10.1 Å². The van der Waals surface area contributed by atoms with E-state index in [1.807, 2.05) is 30.3 Å². The summed E-state index contributed by atoms with van der Waals surface area (Å²) in [6.07, 6.45) is 0. The number of fused-ring (bicyclic) bond motifs is 1. The van der Waals surface area contributed by atoms with Gasteiger partial charge in [0.2, 0.25) is 0 Å². The molecule has 104 valence electrons. The number of benzene rings is 2. The van der Waals surface area contributed by atoms with Crippen LogP contribution in [0.2, 0.25) is 10.0 Å². The molecule has 2 nitrogen and oxygen atoms in total. The molecule has 0 saturated carbocycles. The van der Waals surface area contributed by atoms with Crippen molar-refractivity contribution in [2.45, 2.75) is 13.0 Å². The van der Waals surface area contributed by atoms with Gasteiger partial charge in [-0.25, -0.2) is 0 Å². The lowest BCUT2D eigenvalue weighted by atomic mass is 9.92. The van der Waals surface area contributed by atoms with E-state index in [1.54, 1.807) is 6.07 Å². The molecule has 1 aliphatic rings. The molecule has 1 aliphatic heterocycles. The van der Waals surface area contributed by atoms with Crippen molar-refractivity contribution < 1.29 is 4.74 Å². The van der Waals surface area contributed by atoms with Crippen LogP contribution >= 0.6 is 23.2 Å². The highest BCUT2D eigenvalue weighted by molar-refractivity contribution is 6.43.